The first kappa shape index (κ1) is 19.4. The fraction of sp³-hybridized carbons (Fsp3) is 0.304. The van der Waals surface area contributed by atoms with Crippen molar-refractivity contribution in [3.63, 3.8) is 0 Å². The zero-order chi connectivity index (χ0) is 21.2. The van der Waals surface area contributed by atoms with E-state index in [1.54, 1.807) is 12.1 Å². The Hall–Kier alpha value is -3.52. The van der Waals surface area contributed by atoms with Gasteiger partial charge in [0.1, 0.15) is 17.6 Å². The van der Waals surface area contributed by atoms with E-state index in [1.165, 1.54) is 5.56 Å². The van der Waals surface area contributed by atoms with Crippen molar-refractivity contribution in [2.45, 2.75) is 32.4 Å². The standard InChI is InChI=1S/C23H24N6O2/c1-15-12-22(20-13-17(30)6-7-21(20)24-15)31-18-8-10-29(11-9-18)14-16-4-2-3-5-19(16)23-25-27-28-26-23/h2-7,12-13,18,30H,8-11,14H2,1H3,(H,25,26,27,28). The lowest BCUT2D eigenvalue weighted by atomic mass is 10.0. The number of ether oxygens (including phenoxy) is 1. The highest BCUT2D eigenvalue weighted by atomic mass is 16.5. The average molecular weight is 416 g/mol. The number of aryl methyl sites for hydroxylation is 1. The molecule has 5 rings (SSSR count). The molecule has 0 unspecified atom stereocenters. The van der Waals surface area contributed by atoms with Gasteiger partial charge in [0.25, 0.3) is 0 Å². The van der Waals surface area contributed by atoms with Crippen LogP contribution in [0.1, 0.15) is 24.1 Å². The molecule has 2 aromatic heterocycles. The van der Waals surface area contributed by atoms with Crippen LogP contribution in [-0.2, 0) is 6.54 Å². The highest BCUT2D eigenvalue weighted by molar-refractivity contribution is 5.86. The van der Waals surface area contributed by atoms with Crippen molar-refractivity contribution < 1.29 is 9.84 Å². The molecule has 1 saturated heterocycles. The molecular weight excluding hydrogens is 392 g/mol. The average Bonchev–Trinajstić information content (AvgIpc) is 3.31. The van der Waals surface area contributed by atoms with Crippen LogP contribution in [0.25, 0.3) is 22.3 Å². The quantitative estimate of drug-likeness (QED) is 0.514. The van der Waals surface area contributed by atoms with E-state index in [2.05, 4.69) is 36.6 Å². The minimum absolute atomic E-state index is 0.136. The number of phenols is 1. The van der Waals surface area contributed by atoms with E-state index in [9.17, 15) is 5.11 Å². The maximum Gasteiger partial charge on any atom is 0.179 e. The van der Waals surface area contributed by atoms with Gasteiger partial charge in [0, 0.05) is 42.3 Å². The number of hydrogen-bond acceptors (Lipinski definition) is 7. The topological polar surface area (TPSA) is 100 Å². The Labute approximate surface area is 179 Å². The van der Waals surface area contributed by atoms with Crippen LogP contribution in [0.15, 0.2) is 48.5 Å². The van der Waals surface area contributed by atoms with Crippen molar-refractivity contribution in [2.24, 2.45) is 0 Å². The summed E-state index contributed by atoms with van der Waals surface area (Å²) in [5.74, 6) is 1.70. The lowest BCUT2D eigenvalue weighted by molar-refractivity contribution is 0.0979. The molecule has 158 valence electrons. The smallest absolute Gasteiger partial charge is 0.179 e. The van der Waals surface area contributed by atoms with Crippen molar-refractivity contribution in [1.82, 2.24) is 30.5 Å². The second-order valence-electron chi connectivity index (χ2n) is 7.96. The second kappa shape index (κ2) is 8.31. The number of likely N-dealkylation sites (tertiary alicyclic amines) is 1. The van der Waals surface area contributed by atoms with Gasteiger partial charge in [-0.05, 0) is 54.0 Å². The molecule has 3 heterocycles. The van der Waals surface area contributed by atoms with E-state index in [-0.39, 0.29) is 11.9 Å². The number of rotatable bonds is 5. The number of aromatic nitrogens is 5. The predicted molar refractivity (Wildman–Crippen MR) is 117 cm³/mol. The predicted octanol–water partition coefficient (Wildman–Crippen LogP) is 3.47. The van der Waals surface area contributed by atoms with Crippen LogP contribution < -0.4 is 4.74 Å². The molecule has 1 aliphatic heterocycles. The SMILES string of the molecule is Cc1cc(OC2CCN(Cc3ccccc3-c3nnn[nH]3)CC2)c2cc(O)ccc2n1. The van der Waals surface area contributed by atoms with Gasteiger partial charge in [-0.1, -0.05) is 24.3 Å². The van der Waals surface area contributed by atoms with E-state index in [1.807, 2.05) is 37.3 Å². The van der Waals surface area contributed by atoms with Crippen LogP contribution in [0.5, 0.6) is 11.5 Å². The number of nitrogens with one attached hydrogen (secondary N) is 1. The molecule has 8 heteroatoms. The molecule has 1 fully saturated rings. The molecule has 0 spiro atoms. The summed E-state index contributed by atoms with van der Waals surface area (Å²) in [7, 11) is 0. The van der Waals surface area contributed by atoms with E-state index in [4.69, 9.17) is 4.74 Å². The summed E-state index contributed by atoms with van der Waals surface area (Å²) in [6, 6.07) is 15.4. The number of aromatic amines is 1. The zero-order valence-corrected chi connectivity index (χ0v) is 17.3. The van der Waals surface area contributed by atoms with Crippen LogP contribution in [-0.4, -0.2) is 54.8 Å². The molecule has 0 saturated carbocycles. The van der Waals surface area contributed by atoms with Gasteiger partial charge in [-0.25, -0.2) is 5.10 Å². The van der Waals surface area contributed by atoms with Gasteiger partial charge in [0.2, 0.25) is 0 Å². The number of benzene rings is 2. The fourth-order valence-corrected chi connectivity index (χ4v) is 4.17. The minimum Gasteiger partial charge on any atom is -0.508 e. The molecule has 0 radical (unpaired) electrons. The molecule has 31 heavy (non-hydrogen) atoms. The van der Waals surface area contributed by atoms with Crippen molar-refractivity contribution in [2.75, 3.05) is 13.1 Å². The van der Waals surface area contributed by atoms with Crippen LogP contribution >= 0.6 is 0 Å². The summed E-state index contributed by atoms with van der Waals surface area (Å²) in [4.78, 5) is 6.98. The fourth-order valence-electron chi connectivity index (χ4n) is 4.17. The first-order chi connectivity index (χ1) is 15.2. The number of phenolic OH excluding ortho intramolecular Hbond substituents is 1. The van der Waals surface area contributed by atoms with E-state index < -0.39 is 0 Å². The molecule has 0 bridgehead atoms. The first-order valence-electron chi connectivity index (χ1n) is 10.5. The minimum atomic E-state index is 0.136. The lowest BCUT2D eigenvalue weighted by Crippen LogP contribution is -2.37. The second-order valence-corrected chi connectivity index (χ2v) is 7.96. The van der Waals surface area contributed by atoms with Crippen LogP contribution in [0.2, 0.25) is 0 Å². The van der Waals surface area contributed by atoms with Crippen LogP contribution in [0, 0.1) is 6.92 Å². The number of hydrogen-bond donors (Lipinski definition) is 2. The number of aromatic hydroxyl groups is 1. The molecule has 2 N–H and O–H groups in total. The number of tetrazole rings is 1. The molecule has 4 aromatic rings. The summed E-state index contributed by atoms with van der Waals surface area (Å²) in [6.07, 6.45) is 2.01. The Morgan fingerprint density at radius 1 is 1.13 bits per heavy atom. The highest BCUT2D eigenvalue weighted by Gasteiger charge is 2.22. The first-order valence-corrected chi connectivity index (χ1v) is 10.5. The Balaban J connectivity index is 1.26. The normalized spacial score (nSPS) is 15.4. The third-order valence-corrected chi connectivity index (χ3v) is 5.72. The molecular formula is C23H24N6O2. The van der Waals surface area contributed by atoms with Crippen LogP contribution in [0.3, 0.4) is 0 Å². The summed E-state index contributed by atoms with van der Waals surface area (Å²) in [6.45, 7) is 4.69. The molecule has 0 amide bonds. The Morgan fingerprint density at radius 2 is 1.97 bits per heavy atom. The summed E-state index contributed by atoms with van der Waals surface area (Å²) >= 11 is 0. The van der Waals surface area contributed by atoms with Crippen molar-refractivity contribution in [3.8, 4) is 22.9 Å². The number of nitrogens with zero attached hydrogens (tertiary/aromatic N) is 5. The van der Waals surface area contributed by atoms with E-state index >= 15 is 0 Å². The Morgan fingerprint density at radius 3 is 2.77 bits per heavy atom. The molecule has 1 aliphatic rings. The Kier molecular flexibility index (Phi) is 5.21. The lowest BCUT2D eigenvalue weighted by Gasteiger charge is -2.32. The van der Waals surface area contributed by atoms with Gasteiger partial charge in [-0.15, -0.1) is 5.10 Å². The van der Waals surface area contributed by atoms with Gasteiger partial charge in [-0.2, -0.15) is 0 Å². The van der Waals surface area contributed by atoms with Crippen LogP contribution in [0.4, 0.5) is 0 Å². The number of fused-ring (bicyclic) bond motifs is 1. The largest absolute Gasteiger partial charge is 0.508 e. The summed E-state index contributed by atoms with van der Waals surface area (Å²) in [5, 5.41) is 25.1. The van der Waals surface area contributed by atoms with Crippen molar-refractivity contribution in [1.29, 1.82) is 0 Å². The molecule has 0 atom stereocenters. The number of piperidine rings is 1. The van der Waals surface area contributed by atoms with Gasteiger partial charge >= 0.3 is 0 Å². The monoisotopic (exact) mass is 416 g/mol. The zero-order valence-electron chi connectivity index (χ0n) is 17.3. The van der Waals surface area contributed by atoms with E-state index in [0.717, 1.165) is 60.4 Å². The number of pyridine rings is 1. The Bertz CT molecular complexity index is 1190. The van der Waals surface area contributed by atoms with Gasteiger partial charge in [0.15, 0.2) is 5.82 Å². The van der Waals surface area contributed by atoms with Crippen molar-refractivity contribution >= 4 is 10.9 Å². The molecule has 2 aromatic carbocycles. The third kappa shape index (κ3) is 4.20. The van der Waals surface area contributed by atoms with E-state index in [0.29, 0.717) is 5.82 Å². The summed E-state index contributed by atoms with van der Waals surface area (Å²) in [5.41, 5.74) is 3.98. The maximum absolute atomic E-state index is 9.89. The van der Waals surface area contributed by atoms with Gasteiger partial charge < -0.3 is 9.84 Å². The van der Waals surface area contributed by atoms with Crippen molar-refractivity contribution in [3.05, 3.63) is 59.8 Å². The molecule has 8 nitrogen and oxygen atoms in total. The molecule has 0 aliphatic carbocycles. The van der Waals surface area contributed by atoms with Gasteiger partial charge in [-0.3, -0.25) is 9.88 Å². The van der Waals surface area contributed by atoms with Gasteiger partial charge in [0.05, 0.1) is 5.52 Å². The highest BCUT2D eigenvalue weighted by Crippen LogP contribution is 2.31. The maximum atomic E-state index is 9.89. The third-order valence-electron chi connectivity index (χ3n) is 5.72. The number of H-pyrrole nitrogens is 1. The summed E-state index contributed by atoms with van der Waals surface area (Å²) < 4.78 is 6.38.